The van der Waals surface area contributed by atoms with Crippen LogP contribution in [-0.2, 0) is 32.7 Å². The summed E-state index contributed by atoms with van der Waals surface area (Å²) in [6.45, 7) is 4.08. The standard InChI is InChI=1S/C50H90NO8P/c1-6-8-10-12-14-16-18-20-22-24-25-27-28-30-32-34-36-38-40-42-49(52)56-46-48(47-58-60(54,55)57-45-44-51(3,4)5)59-50(53)43-41-39-37-35-33-31-29-26-23-21-19-17-15-13-11-9-7-2/h9,11,15,17,20-23,29,31,48H,6-8,10,12-14,16,18-19,24-28,30,32-47H2,1-5H3/b11-9-,17-15-,22-20-,23-21-,31-29-/t48-/m1/s1. The first-order valence-corrected chi connectivity index (χ1v) is 25.5. The molecule has 1 unspecified atom stereocenters. The maximum atomic E-state index is 12.7. The molecule has 0 aliphatic rings. The number of rotatable bonds is 43. The second-order valence-electron chi connectivity index (χ2n) is 17.1. The van der Waals surface area contributed by atoms with Gasteiger partial charge in [-0.3, -0.25) is 14.2 Å². The van der Waals surface area contributed by atoms with Crippen LogP contribution in [0.2, 0.25) is 0 Å². The Morgan fingerprint density at radius 2 is 0.950 bits per heavy atom. The lowest BCUT2D eigenvalue weighted by Gasteiger charge is -2.28. The first-order valence-electron chi connectivity index (χ1n) is 24.0. The van der Waals surface area contributed by atoms with E-state index in [0.29, 0.717) is 17.4 Å². The van der Waals surface area contributed by atoms with Crippen LogP contribution in [0.25, 0.3) is 0 Å². The Kier molecular flexibility index (Phi) is 40.4. The summed E-state index contributed by atoms with van der Waals surface area (Å²) < 4.78 is 34.0. The molecule has 0 N–H and O–H groups in total. The molecule has 2 atom stereocenters. The quantitative estimate of drug-likeness (QED) is 0.0196. The number of esters is 2. The fourth-order valence-corrected chi connectivity index (χ4v) is 7.02. The number of hydrogen-bond donors (Lipinski definition) is 0. The SMILES string of the molecule is CC/C=C\C/C=C\C/C=C\C/C=C\CCCCCCC(=O)O[C@H](COC(=O)CCCCCCCCCCC/C=C\CCCCCCCC)COP(=O)([O-])OCC[N+](C)(C)C. The van der Waals surface area contributed by atoms with Crippen molar-refractivity contribution in [3.05, 3.63) is 60.8 Å². The van der Waals surface area contributed by atoms with Gasteiger partial charge in [0.15, 0.2) is 6.10 Å². The van der Waals surface area contributed by atoms with Crippen LogP contribution in [-0.4, -0.2) is 70.0 Å². The highest BCUT2D eigenvalue weighted by molar-refractivity contribution is 7.45. The van der Waals surface area contributed by atoms with E-state index in [1.807, 2.05) is 21.1 Å². The van der Waals surface area contributed by atoms with Crippen molar-refractivity contribution < 1.29 is 42.1 Å². The molecule has 10 heteroatoms. The number of allylic oxidation sites excluding steroid dienone is 10. The third-order valence-corrected chi connectivity index (χ3v) is 11.0. The zero-order valence-corrected chi connectivity index (χ0v) is 40.0. The van der Waals surface area contributed by atoms with Crippen molar-refractivity contribution >= 4 is 19.8 Å². The molecule has 0 heterocycles. The summed E-state index contributed by atoms with van der Waals surface area (Å²) in [6, 6.07) is 0. The lowest BCUT2D eigenvalue weighted by molar-refractivity contribution is -0.870. The van der Waals surface area contributed by atoms with E-state index in [1.165, 1.54) is 89.9 Å². The van der Waals surface area contributed by atoms with Gasteiger partial charge in [-0.05, 0) is 77.0 Å². The van der Waals surface area contributed by atoms with Crippen LogP contribution >= 0.6 is 7.82 Å². The summed E-state index contributed by atoms with van der Waals surface area (Å²) >= 11 is 0. The second kappa shape index (κ2) is 42.0. The topological polar surface area (TPSA) is 111 Å². The Hall–Kier alpha value is -2.29. The van der Waals surface area contributed by atoms with E-state index in [-0.39, 0.29) is 26.1 Å². The Balaban J connectivity index is 4.34. The van der Waals surface area contributed by atoms with Gasteiger partial charge in [0, 0.05) is 12.8 Å². The van der Waals surface area contributed by atoms with Crippen molar-refractivity contribution in [3.8, 4) is 0 Å². The smallest absolute Gasteiger partial charge is 0.306 e. The predicted octanol–water partition coefficient (Wildman–Crippen LogP) is 13.4. The molecule has 0 fully saturated rings. The monoisotopic (exact) mass is 864 g/mol. The number of phosphoric ester groups is 1. The number of carbonyl (C=O) groups excluding carboxylic acids is 2. The number of nitrogens with zero attached hydrogens (tertiary/aromatic N) is 1. The summed E-state index contributed by atoms with van der Waals surface area (Å²) in [5.74, 6) is -0.865. The summed E-state index contributed by atoms with van der Waals surface area (Å²) in [5, 5.41) is 0. The van der Waals surface area contributed by atoms with Gasteiger partial charge in [-0.1, -0.05) is 164 Å². The molecule has 0 aromatic carbocycles. The van der Waals surface area contributed by atoms with Crippen molar-refractivity contribution in [2.45, 2.75) is 200 Å². The number of likely N-dealkylation sites (N-methyl/N-ethyl adjacent to an activating group) is 1. The summed E-state index contributed by atoms with van der Waals surface area (Å²) in [5.41, 5.74) is 0. The molecular formula is C50H90NO8P. The molecule has 0 aliphatic heterocycles. The molecule has 0 saturated carbocycles. The number of phosphoric acid groups is 1. The van der Waals surface area contributed by atoms with Crippen LogP contribution in [0, 0.1) is 0 Å². The zero-order chi connectivity index (χ0) is 44.3. The second-order valence-corrected chi connectivity index (χ2v) is 18.5. The highest BCUT2D eigenvalue weighted by atomic mass is 31.2. The highest BCUT2D eigenvalue weighted by Crippen LogP contribution is 2.38. The third-order valence-electron chi connectivity index (χ3n) is 10.0. The molecule has 0 bridgehead atoms. The number of ether oxygens (including phenoxy) is 2. The van der Waals surface area contributed by atoms with Crippen LogP contribution in [0.15, 0.2) is 60.8 Å². The van der Waals surface area contributed by atoms with E-state index < -0.39 is 32.5 Å². The van der Waals surface area contributed by atoms with Crippen LogP contribution in [0.4, 0.5) is 0 Å². The highest BCUT2D eigenvalue weighted by Gasteiger charge is 2.21. The van der Waals surface area contributed by atoms with E-state index in [2.05, 4.69) is 74.6 Å². The lowest BCUT2D eigenvalue weighted by atomic mass is 10.1. The Bertz CT molecular complexity index is 1210. The largest absolute Gasteiger partial charge is 0.756 e. The van der Waals surface area contributed by atoms with E-state index >= 15 is 0 Å². The molecule has 0 aromatic rings. The van der Waals surface area contributed by atoms with Gasteiger partial charge >= 0.3 is 11.9 Å². The lowest BCUT2D eigenvalue weighted by Crippen LogP contribution is -2.37. The maximum absolute atomic E-state index is 12.7. The number of carbonyl (C=O) groups is 2. The normalized spacial score (nSPS) is 14.0. The fourth-order valence-electron chi connectivity index (χ4n) is 6.29. The minimum atomic E-state index is -4.64. The summed E-state index contributed by atoms with van der Waals surface area (Å²) in [4.78, 5) is 37.6. The van der Waals surface area contributed by atoms with Gasteiger partial charge in [-0.2, -0.15) is 0 Å². The van der Waals surface area contributed by atoms with Crippen LogP contribution in [0.5, 0.6) is 0 Å². The first kappa shape index (κ1) is 57.7. The van der Waals surface area contributed by atoms with E-state index in [4.69, 9.17) is 18.5 Å². The van der Waals surface area contributed by atoms with Crippen molar-refractivity contribution in [2.24, 2.45) is 0 Å². The molecule has 348 valence electrons. The number of hydrogen-bond acceptors (Lipinski definition) is 8. The molecule has 0 aromatic heterocycles. The van der Waals surface area contributed by atoms with Crippen molar-refractivity contribution in [2.75, 3.05) is 47.5 Å². The van der Waals surface area contributed by atoms with Crippen molar-refractivity contribution in [3.63, 3.8) is 0 Å². The first-order chi connectivity index (χ1) is 29.0. The Labute approximate surface area is 368 Å². The van der Waals surface area contributed by atoms with Gasteiger partial charge in [0.2, 0.25) is 0 Å². The van der Waals surface area contributed by atoms with Crippen LogP contribution < -0.4 is 4.89 Å². The number of quaternary nitrogens is 1. The predicted molar refractivity (Wildman–Crippen MR) is 250 cm³/mol. The van der Waals surface area contributed by atoms with E-state index in [9.17, 15) is 19.0 Å². The Morgan fingerprint density at radius 3 is 1.43 bits per heavy atom. The molecular weight excluding hydrogens is 774 g/mol. The third kappa shape index (κ3) is 45.2. The zero-order valence-electron chi connectivity index (χ0n) is 39.1. The number of unbranched alkanes of at least 4 members (excludes halogenated alkanes) is 19. The molecule has 0 rings (SSSR count). The minimum Gasteiger partial charge on any atom is -0.756 e. The maximum Gasteiger partial charge on any atom is 0.306 e. The Morgan fingerprint density at radius 1 is 0.533 bits per heavy atom. The average Bonchev–Trinajstić information content (AvgIpc) is 3.20. The van der Waals surface area contributed by atoms with Crippen LogP contribution in [0.1, 0.15) is 194 Å². The average molecular weight is 864 g/mol. The van der Waals surface area contributed by atoms with Crippen molar-refractivity contribution in [1.82, 2.24) is 0 Å². The van der Waals surface area contributed by atoms with Gasteiger partial charge in [0.1, 0.15) is 19.8 Å². The molecule has 0 aliphatic carbocycles. The molecule has 0 radical (unpaired) electrons. The summed E-state index contributed by atoms with van der Waals surface area (Å²) in [6.07, 6.45) is 51.0. The van der Waals surface area contributed by atoms with E-state index in [0.717, 1.165) is 70.6 Å². The molecule has 60 heavy (non-hydrogen) atoms. The van der Waals surface area contributed by atoms with Gasteiger partial charge in [0.05, 0.1) is 27.7 Å². The molecule has 0 spiro atoms. The van der Waals surface area contributed by atoms with Crippen molar-refractivity contribution in [1.29, 1.82) is 0 Å². The summed E-state index contributed by atoms with van der Waals surface area (Å²) in [7, 11) is 1.14. The van der Waals surface area contributed by atoms with Gasteiger partial charge < -0.3 is 27.9 Å². The van der Waals surface area contributed by atoms with Gasteiger partial charge in [-0.15, -0.1) is 0 Å². The van der Waals surface area contributed by atoms with E-state index in [1.54, 1.807) is 0 Å². The molecule has 0 saturated heterocycles. The van der Waals surface area contributed by atoms with Gasteiger partial charge in [0.25, 0.3) is 7.82 Å². The minimum absolute atomic E-state index is 0.0384. The van der Waals surface area contributed by atoms with Gasteiger partial charge in [-0.25, -0.2) is 0 Å². The molecule has 9 nitrogen and oxygen atoms in total. The molecule has 0 amide bonds. The fraction of sp³-hybridized carbons (Fsp3) is 0.760. The van der Waals surface area contributed by atoms with Crippen LogP contribution in [0.3, 0.4) is 0 Å².